The first-order chi connectivity index (χ1) is 26.2. The first kappa shape index (κ1) is 44.7. The Morgan fingerprint density at radius 1 is 0.491 bits per heavy atom. The standard InChI is InChI=1S/C12H15NO.C9H9NO.C7H13NO.C6H11NO.C5H9NO.C4H7NO/c1-12(2)9-14-11(13-12)8-10-6-4-3-5-7-10;1-2-4-8(5-3-1)9-10-6-7-11-9;1-4-6-8-7(2,3)5-9-6;1-5-7-6(2,3)4-8-5;1-2-5-6-3-4-7-5;1-4-5-2-3-6-4/h3-7H,8-9H2,1-2H3;1-5H,6-7H2;4-5H2,1-3H3;4H2,1-3H3;2-4H2,1H3;2-3H2,1H3. The van der Waals surface area contributed by atoms with Gasteiger partial charge in [0.1, 0.15) is 39.6 Å². The van der Waals surface area contributed by atoms with Crippen LogP contribution in [0.1, 0.15) is 93.2 Å². The van der Waals surface area contributed by atoms with E-state index in [9.17, 15) is 0 Å². The summed E-state index contributed by atoms with van der Waals surface area (Å²) in [4.78, 5) is 25.2. The van der Waals surface area contributed by atoms with Crippen molar-refractivity contribution >= 4 is 35.4 Å². The number of ether oxygens (including phenoxy) is 6. The van der Waals surface area contributed by atoms with E-state index in [2.05, 4.69) is 90.6 Å². The zero-order valence-electron chi connectivity index (χ0n) is 34.9. The average molecular weight is 761 g/mol. The molecule has 0 unspecified atom stereocenters. The van der Waals surface area contributed by atoms with Gasteiger partial charge in [-0.15, -0.1) is 0 Å². The normalized spacial score (nSPS) is 19.9. The van der Waals surface area contributed by atoms with Crippen molar-refractivity contribution in [3.8, 4) is 0 Å². The van der Waals surface area contributed by atoms with Crippen molar-refractivity contribution in [2.24, 2.45) is 30.0 Å². The van der Waals surface area contributed by atoms with Gasteiger partial charge < -0.3 is 28.4 Å². The molecule has 0 fully saturated rings. The zero-order valence-corrected chi connectivity index (χ0v) is 34.9. The van der Waals surface area contributed by atoms with Crippen molar-refractivity contribution in [2.45, 2.75) is 105 Å². The van der Waals surface area contributed by atoms with Crippen LogP contribution in [0.4, 0.5) is 0 Å². The van der Waals surface area contributed by atoms with Crippen molar-refractivity contribution in [3.63, 3.8) is 0 Å². The van der Waals surface area contributed by atoms with Gasteiger partial charge in [-0.2, -0.15) is 0 Å². The molecule has 0 saturated carbocycles. The monoisotopic (exact) mass is 760 g/mol. The molecular formula is C43H64N6O6. The summed E-state index contributed by atoms with van der Waals surface area (Å²) >= 11 is 0. The average Bonchev–Trinajstić information content (AvgIpc) is 4.03. The molecule has 12 nitrogen and oxygen atoms in total. The quantitative estimate of drug-likeness (QED) is 0.304. The van der Waals surface area contributed by atoms with E-state index in [1.165, 1.54) is 5.56 Å². The van der Waals surface area contributed by atoms with Gasteiger partial charge in [-0.1, -0.05) is 62.4 Å². The number of benzene rings is 2. The number of hydrogen-bond donors (Lipinski definition) is 0. The van der Waals surface area contributed by atoms with Gasteiger partial charge in [-0.25, -0.2) is 20.0 Å². The van der Waals surface area contributed by atoms with E-state index in [4.69, 9.17) is 28.4 Å². The summed E-state index contributed by atoms with van der Waals surface area (Å²) in [5, 5.41) is 0. The summed E-state index contributed by atoms with van der Waals surface area (Å²) in [5.74, 6) is 5.11. The van der Waals surface area contributed by atoms with Gasteiger partial charge in [0.15, 0.2) is 29.5 Å². The third-order valence-electron chi connectivity index (χ3n) is 7.93. The molecule has 0 saturated heterocycles. The molecule has 2 aromatic rings. The van der Waals surface area contributed by atoms with E-state index >= 15 is 0 Å². The van der Waals surface area contributed by atoms with Gasteiger partial charge in [0, 0.05) is 38.7 Å². The zero-order chi connectivity index (χ0) is 40.2. The van der Waals surface area contributed by atoms with Gasteiger partial charge in [0.05, 0.1) is 36.3 Å². The van der Waals surface area contributed by atoms with E-state index in [1.807, 2.05) is 69.3 Å². The van der Waals surface area contributed by atoms with Crippen LogP contribution >= 0.6 is 0 Å². The Labute approximate surface area is 329 Å². The van der Waals surface area contributed by atoms with Crippen molar-refractivity contribution in [1.29, 1.82) is 0 Å². The summed E-state index contributed by atoms with van der Waals surface area (Å²) in [6.07, 6.45) is 2.67. The molecule has 0 spiro atoms. The lowest BCUT2D eigenvalue weighted by atomic mass is 10.1. The van der Waals surface area contributed by atoms with Crippen molar-refractivity contribution in [3.05, 3.63) is 71.8 Å². The Bertz CT molecular complexity index is 1630. The molecule has 8 rings (SSSR count). The number of aliphatic imine (C=N–C) groups is 6. The molecule has 0 aliphatic carbocycles. The minimum atomic E-state index is -0.0376. The van der Waals surface area contributed by atoms with E-state index in [-0.39, 0.29) is 16.6 Å². The smallest absolute Gasteiger partial charge is 0.216 e. The molecule has 0 radical (unpaired) electrons. The first-order valence-electron chi connectivity index (χ1n) is 19.4. The Morgan fingerprint density at radius 2 is 1.00 bits per heavy atom. The largest absolute Gasteiger partial charge is 0.479 e. The predicted octanol–water partition coefficient (Wildman–Crippen LogP) is 7.98. The lowest BCUT2D eigenvalue weighted by molar-refractivity contribution is 0.274. The van der Waals surface area contributed by atoms with Crippen LogP contribution in [0.5, 0.6) is 0 Å². The van der Waals surface area contributed by atoms with Gasteiger partial charge in [0.25, 0.3) is 0 Å². The molecule has 0 N–H and O–H groups in total. The van der Waals surface area contributed by atoms with Crippen molar-refractivity contribution in [2.75, 3.05) is 59.3 Å². The van der Waals surface area contributed by atoms with E-state index in [0.29, 0.717) is 6.61 Å². The molecule has 0 atom stereocenters. The molecule has 6 aliphatic rings. The third-order valence-corrected chi connectivity index (χ3v) is 7.93. The van der Waals surface area contributed by atoms with Crippen molar-refractivity contribution < 1.29 is 28.4 Å². The van der Waals surface area contributed by atoms with Crippen LogP contribution in [0.15, 0.2) is 90.6 Å². The summed E-state index contributed by atoms with van der Waals surface area (Å²) in [6, 6.07) is 20.2. The highest BCUT2D eigenvalue weighted by Gasteiger charge is 2.26. The maximum Gasteiger partial charge on any atom is 0.216 e. The molecule has 6 heterocycles. The molecule has 2 aromatic carbocycles. The second kappa shape index (κ2) is 22.6. The SMILES string of the molecule is CC1(C)COC(Cc2ccccc2)=N1.CC1=NC(C)(C)CO1.CC1=NCCO1.CCC1=NC(C)(C)CO1.CCC1=NCCO1.c1ccc(C2=NCCO2)cc1. The number of hydrogen-bond acceptors (Lipinski definition) is 12. The highest BCUT2D eigenvalue weighted by atomic mass is 16.5. The topological polar surface area (TPSA) is 130 Å². The van der Waals surface area contributed by atoms with E-state index < -0.39 is 0 Å². The fourth-order valence-corrected chi connectivity index (χ4v) is 5.26. The Balaban J connectivity index is 0.000000181. The van der Waals surface area contributed by atoms with Gasteiger partial charge in [-0.05, 0) is 59.2 Å². The van der Waals surface area contributed by atoms with Crippen LogP contribution in [0, 0.1) is 0 Å². The Kier molecular flexibility index (Phi) is 18.3. The molecule has 12 heteroatoms. The molecular weight excluding hydrogens is 697 g/mol. The Morgan fingerprint density at radius 3 is 1.35 bits per heavy atom. The number of nitrogens with zero attached hydrogens (tertiary/aromatic N) is 6. The van der Waals surface area contributed by atoms with E-state index in [0.717, 1.165) is 113 Å². The van der Waals surface area contributed by atoms with Gasteiger partial charge in [0.2, 0.25) is 5.90 Å². The molecule has 302 valence electrons. The number of rotatable bonds is 5. The predicted molar refractivity (Wildman–Crippen MR) is 225 cm³/mol. The van der Waals surface area contributed by atoms with Crippen LogP contribution in [-0.4, -0.2) is 111 Å². The van der Waals surface area contributed by atoms with Crippen LogP contribution in [0.25, 0.3) is 0 Å². The first-order valence-corrected chi connectivity index (χ1v) is 19.4. The summed E-state index contributed by atoms with van der Waals surface area (Å²) in [7, 11) is 0. The van der Waals surface area contributed by atoms with Gasteiger partial charge >= 0.3 is 0 Å². The molecule has 6 aliphatic heterocycles. The maximum atomic E-state index is 5.52. The summed E-state index contributed by atoms with van der Waals surface area (Å²) < 4.78 is 31.2. The van der Waals surface area contributed by atoms with Crippen molar-refractivity contribution in [1.82, 2.24) is 0 Å². The second-order valence-electron chi connectivity index (χ2n) is 15.1. The molecule has 0 bridgehead atoms. The molecule has 0 amide bonds. The summed E-state index contributed by atoms with van der Waals surface area (Å²) in [6.45, 7) is 27.3. The van der Waals surface area contributed by atoms with Crippen LogP contribution in [0.3, 0.4) is 0 Å². The lowest BCUT2D eigenvalue weighted by Crippen LogP contribution is -2.17. The van der Waals surface area contributed by atoms with Gasteiger partial charge in [-0.3, -0.25) is 9.98 Å². The minimum absolute atomic E-state index is 0.0318. The van der Waals surface area contributed by atoms with E-state index in [1.54, 1.807) is 0 Å². The molecule has 55 heavy (non-hydrogen) atoms. The third kappa shape index (κ3) is 18.4. The fourth-order valence-electron chi connectivity index (χ4n) is 5.26. The van der Waals surface area contributed by atoms with Crippen LogP contribution < -0.4 is 0 Å². The highest BCUT2D eigenvalue weighted by Crippen LogP contribution is 2.19. The molecule has 0 aromatic heterocycles. The fraction of sp³-hybridized carbons (Fsp3) is 0.581. The second-order valence-corrected chi connectivity index (χ2v) is 15.1. The lowest BCUT2D eigenvalue weighted by Gasteiger charge is -2.07. The highest BCUT2D eigenvalue weighted by molar-refractivity contribution is 5.94. The maximum absolute atomic E-state index is 5.52. The summed E-state index contributed by atoms with van der Waals surface area (Å²) in [5.41, 5.74) is 2.36. The van der Waals surface area contributed by atoms with Crippen LogP contribution in [0.2, 0.25) is 0 Å². The Hall–Kier alpha value is -4.74. The van der Waals surface area contributed by atoms with Crippen LogP contribution in [-0.2, 0) is 34.8 Å². The minimum Gasteiger partial charge on any atom is -0.479 e.